The lowest BCUT2D eigenvalue weighted by Gasteiger charge is -2.21. The summed E-state index contributed by atoms with van der Waals surface area (Å²) >= 11 is 0. The van der Waals surface area contributed by atoms with Gasteiger partial charge in [-0.15, -0.1) is 0 Å². The van der Waals surface area contributed by atoms with Gasteiger partial charge in [0.15, 0.2) is 0 Å². The molecule has 0 radical (unpaired) electrons. The highest BCUT2D eigenvalue weighted by Crippen LogP contribution is 2.36. The van der Waals surface area contributed by atoms with Crippen molar-refractivity contribution < 1.29 is 18.6 Å². The number of H-pyrrole nitrogens is 1. The molecule has 2 aromatic heterocycles. The van der Waals surface area contributed by atoms with Gasteiger partial charge < -0.3 is 14.8 Å². The number of fused-ring (bicyclic) bond motifs is 1. The standard InChI is InChI=1S/C22H20F2N4O2/c23-14-5-6-15(17(24)12-14)20-16(11-13-7-9-30-10-8-13)21(29)28(27-20)22-25-18-3-1-2-4-19(18)26-22/h1-6,12-13,29H,7-11H2,(H,25,26). The molecule has 0 unspecified atom stereocenters. The lowest BCUT2D eigenvalue weighted by atomic mass is 9.91. The van der Waals surface area contributed by atoms with E-state index in [0.29, 0.717) is 31.1 Å². The van der Waals surface area contributed by atoms with Crippen molar-refractivity contribution in [3.63, 3.8) is 0 Å². The minimum atomic E-state index is -0.725. The molecule has 2 N–H and O–H groups in total. The zero-order valence-corrected chi connectivity index (χ0v) is 16.1. The maximum Gasteiger partial charge on any atom is 0.232 e. The normalized spacial score (nSPS) is 15.1. The third-order valence-electron chi connectivity index (χ3n) is 5.55. The number of aromatic amines is 1. The number of imidazole rings is 1. The number of benzene rings is 2. The Balaban J connectivity index is 1.64. The van der Waals surface area contributed by atoms with Gasteiger partial charge in [-0.25, -0.2) is 13.8 Å². The molecule has 1 fully saturated rings. The van der Waals surface area contributed by atoms with Crippen molar-refractivity contribution in [3.8, 4) is 23.1 Å². The lowest BCUT2D eigenvalue weighted by Crippen LogP contribution is -2.17. The zero-order valence-electron chi connectivity index (χ0n) is 16.1. The molecule has 0 amide bonds. The second-order valence-corrected chi connectivity index (χ2v) is 7.52. The molecule has 6 nitrogen and oxygen atoms in total. The number of ether oxygens (including phenoxy) is 1. The van der Waals surface area contributed by atoms with Crippen molar-refractivity contribution in [1.82, 2.24) is 19.7 Å². The van der Waals surface area contributed by atoms with E-state index in [4.69, 9.17) is 4.74 Å². The molecule has 2 aromatic carbocycles. The third kappa shape index (κ3) is 3.33. The van der Waals surface area contributed by atoms with E-state index in [1.54, 1.807) is 0 Å². The molecule has 5 rings (SSSR count). The van der Waals surface area contributed by atoms with E-state index in [0.717, 1.165) is 29.9 Å². The number of hydrogen-bond donors (Lipinski definition) is 2. The van der Waals surface area contributed by atoms with Crippen LogP contribution in [-0.2, 0) is 11.2 Å². The zero-order chi connectivity index (χ0) is 20.7. The van der Waals surface area contributed by atoms with Gasteiger partial charge in [-0.1, -0.05) is 12.1 Å². The molecule has 0 aliphatic carbocycles. The Hall–Kier alpha value is -3.26. The first-order valence-corrected chi connectivity index (χ1v) is 9.89. The van der Waals surface area contributed by atoms with Gasteiger partial charge in [0.05, 0.1) is 11.0 Å². The van der Waals surface area contributed by atoms with Crippen LogP contribution in [0.4, 0.5) is 8.78 Å². The van der Waals surface area contributed by atoms with Gasteiger partial charge in [0.1, 0.15) is 17.3 Å². The van der Waals surface area contributed by atoms with E-state index in [2.05, 4.69) is 15.1 Å². The molecule has 4 aromatic rings. The summed E-state index contributed by atoms with van der Waals surface area (Å²) < 4.78 is 34.8. The van der Waals surface area contributed by atoms with E-state index >= 15 is 0 Å². The Morgan fingerprint density at radius 2 is 1.93 bits per heavy atom. The van der Waals surface area contributed by atoms with Crippen LogP contribution in [0.2, 0.25) is 0 Å². The second-order valence-electron chi connectivity index (χ2n) is 7.52. The number of aromatic nitrogens is 4. The number of nitrogens with one attached hydrogen (secondary N) is 1. The molecule has 1 saturated heterocycles. The summed E-state index contributed by atoms with van der Waals surface area (Å²) in [6.45, 7) is 1.31. The molecule has 0 spiro atoms. The minimum absolute atomic E-state index is 0.0979. The van der Waals surface area contributed by atoms with Gasteiger partial charge in [-0.2, -0.15) is 9.78 Å². The molecule has 0 atom stereocenters. The van der Waals surface area contributed by atoms with Gasteiger partial charge in [0.2, 0.25) is 11.8 Å². The van der Waals surface area contributed by atoms with Crippen LogP contribution >= 0.6 is 0 Å². The van der Waals surface area contributed by atoms with Crippen LogP contribution < -0.4 is 0 Å². The van der Waals surface area contributed by atoms with Crippen LogP contribution in [0, 0.1) is 17.6 Å². The lowest BCUT2D eigenvalue weighted by molar-refractivity contribution is 0.0664. The highest BCUT2D eigenvalue weighted by Gasteiger charge is 2.26. The van der Waals surface area contributed by atoms with Crippen LogP contribution in [-0.4, -0.2) is 38.1 Å². The minimum Gasteiger partial charge on any atom is -0.493 e. The fraction of sp³-hybridized carbons (Fsp3) is 0.273. The summed E-state index contributed by atoms with van der Waals surface area (Å²) in [5.41, 5.74) is 2.47. The third-order valence-corrected chi connectivity index (χ3v) is 5.55. The van der Waals surface area contributed by atoms with Gasteiger partial charge in [0, 0.05) is 30.4 Å². The van der Waals surface area contributed by atoms with Crippen LogP contribution in [0.15, 0.2) is 42.5 Å². The van der Waals surface area contributed by atoms with Crippen molar-refractivity contribution in [1.29, 1.82) is 0 Å². The summed E-state index contributed by atoms with van der Waals surface area (Å²) in [5.74, 6) is -0.879. The number of para-hydroxylation sites is 2. The van der Waals surface area contributed by atoms with E-state index in [-0.39, 0.29) is 23.1 Å². The maximum atomic E-state index is 14.6. The average Bonchev–Trinajstić information content (AvgIpc) is 3.31. The molecule has 3 heterocycles. The molecular weight excluding hydrogens is 390 g/mol. The van der Waals surface area contributed by atoms with Crippen molar-refractivity contribution in [3.05, 3.63) is 59.7 Å². The van der Waals surface area contributed by atoms with Crippen molar-refractivity contribution in [2.45, 2.75) is 19.3 Å². The molecule has 0 saturated carbocycles. The largest absolute Gasteiger partial charge is 0.493 e. The number of aromatic hydroxyl groups is 1. The average molecular weight is 410 g/mol. The molecular formula is C22H20F2N4O2. The second kappa shape index (κ2) is 7.53. The van der Waals surface area contributed by atoms with Crippen molar-refractivity contribution >= 4 is 11.0 Å². The quantitative estimate of drug-likeness (QED) is 0.524. The van der Waals surface area contributed by atoms with E-state index in [1.165, 1.54) is 16.8 Å². The van der Waals surface area contributed by atoms with Crippen LogP contribution in [0.5, 0.6) is 5.88 Å². The van der Waals surface area contributed by atoms with Gasteiger partial charge in [0.25, 0.3) is 0 Å². The monoisotopic (exact) mass is 410 g/mol. The van der Waals surface area contributed by atoms with E-state index in [1.807, 2.05) is 24.3 Å². The number of nitrogens with zero attached hydrogens (tertiary/aromatic N) is 3. The Morgan fingerprint density at radius 1 is 1.13 bits per heavy atom. The molecule has 1 aliphatic heterocycles. The first kappa shape index (κ1) is 18.7. The first-order valence-electron chi connectivity index (χ1n) is 9.89. The Labute approximate surface area is 171 Å². The van der Waals surface area contributed by atoms with Crippen LogP contribution in [0.1, 0.15) is 18.4 Å². The Morgan fingerprint density at radius 3 is 2.70 bits per heavy atom. The van der Waals surface area contributed by atoms with Crippen LogP contribution in [0.25, 0.3) is 28.2 Å². The molecule has 1 aliphatic rings. The molecule has 8 heteroatoms. The fourth-order valence-electron chi connectivity index (χ4n) is 3.95. The van der Waals surface area contributed by atoms with Crippen molar-refractivity contribution in [2.24, 2.45) is 5.92 Å². The molecule has 154 valence electrons. The van der Waals surface area contributed by atoms with E-state index in [9.17, 15) is 13.9 Å². The summed E-state index contributed by atoms with van der Waals surface area (Å²) in [6.07, 6.45) is 2.21. The number of hydrogen-bond acceptors (Lipinski definition) is 4. The Kier molecular flexibility index (Phi) is 4.71. The van der Waals surface area contributed by atoms with Gasteiger partial charge in [-0.05, 0) is 49.4 Å². The fourth-order valence-corrected chi connectivity index (χ4v) is 3.95. The first-order chi connectivity index (χ1) is 14.6. The number of halogens is 2. The smallest absolute Gasteiger partial charge is 0.232 e. The summed E-state index contributed by atoms with van der Waals surface area (Å²) in [4.78, 5) is 7.61. The SMILES string of the molecule is Oc1c(CC2CCOCC2)c(-c2ccc(F)cc2F)nn1-c1nc2ccccc2[nH]1. The van der Waals surface area contributed by atoms with Gasteiger partial charge >= 0.3 is 0 Å². The molecule has 30 heavy (non-hydrogen) atoms. The predicted octanol–water partition coefficient (Wildman–Crippen LogP) is 4.37. The summed E-state index contributed by atoms with van der Waals surface area (Å²) in [7, 11) is 0. The maximum absolute atomic E-state index is 14.6. The highest BCUT2D eigenvalue weighted by molar-refractivity contribution is 5.76. The van der Waals surface area contributed by atoms with Gasteiger partial charge in [-0.3, -0.25) is 0 Å². The molecule has 0 bridgehead atoms. The summed E-state index contributed by atoms with van der Waals surface area (Å²) in [5, 5.41) is 15.5. The van der Waals surface area contributed by atoms with Crippen LogP contribution in [0.3, 0.4) is 0 Å². The summed E-state index contributed by atoms with van der Waals surface area (Å²) in [6, 6.07) is 10.8. The van der Waals surface area contributed by atoms with Crippen molar-refractivity contribution in [2.75, 3.05) is 13.2 Å². The number of rotatable bonds is 4. The topological polar surface area (TPSA) is 76.0 Å². The Bertz CT molecular complexity index is 1180. The predicted molar refractivity (Wildman–Crippen MR) is 107 cm³/mol. The van der Waals surface area contributed by atoms with E-state index < -0.39 is 11.6 Å². The highest BCUT2D eigenvalue weighted by atomic mass is 19.1.